The van der Waals surface area contributed by atoms with Gasteiger partial charge in [0.2, 0.25) is 5.91 Å². The zero-order valence-electron chi connectivity index (χ0n) is 11.1. The second kappa shape index (κ2) is 7.67. The standard InChI is InChI=1S/C13H23NO3S/c1-9-3-5-10(6-4-9)12(15)14-11(13(16)17)7-8-18-2/h9-11H,3-8H2,1-2H3,(H,14,15)(H,16,17)/t9?,10?,11-/m1/s1. The average molecular weight is 273 g/mol. The maximum atomic E-state index is 12.0. The van der Waals surface area contributed by atoms with Crippen molar-refractivity contribution in [3.05, 3.63) is 0 Å². The van der Waals surface area contributed by atoms with Crippen molar-refractivity contribution in [2.45, 2.75) is 45.1 Å². The summed E-state index contributed by atoms with van der Waals surface area (Å²) in [5, 5.41) is 11.7. The Morgan fingerprint density at radius 1 is 1.33 bits per heavy atom. The molecule has 1 amide bonds. The molecule has 0 aromatic carbocycles. The van der Waals surface area contributed by atoms with E-state index in [1.807, 2.05) is 6.26 Å². The summed E-state index contributed by atoms with van der Waals surface area (Å²) < 4.78 is 0. The van der Waals surface area contributed by atoms with Crippen molar-refractivity contribution in [2.75, 3.05) is 12.0 Å². The Morgan fingerprint density at radius 2 is 1.94 bits per heavy atom. The van der Waals surface area contributed by atoms with E-state index in [0.717, 1.165) is 31.4 Å². The van der Waals surface area contributed by atoms with Gasteiger partial charge in [-0.2, -0.15) is 11.8 Å². The topological polar surface area (TPSA) is 66.4 Å². The third-order valence-corrected chi connectivity index (χ3v) is 4.26. The highest BCUT2D eigenvalue weighted by molar-refractivity contribution is 7.98. The normalized spacial score (nSPS) is 25.4. The largest absolute Gasteiger partial charge is 0.480 e. The van der Waals surface area contributed by atoms with Crippen LogP contribution in [-0.4, -0.2) is 35.0 Å². The lowest BCUT2D eigenvalue weighted by Gasteiger charge is -2.26. The minimum atomic E-state index is -0.929. The Morgan fingerprint density at radius 3 is 2.44 bits per heavy atom. The van der Waals surface area contributed by atoms with Gasteiger partial charge in [0.25, 0.3) is 0 Å². The summed E-state index contributed by atoms with van der Waals surface area (Å²) in [6, 6.07) is -0.732. The van der Waals surface area contributed by atoms with Crippen LogP contribution in [0.2, 0.25) is 0 Å². The van der Waals surface area contributed by atoms with Crippen molar-refractivity contribution in [3.63, 3.8) is 0 Å². The number of aliphatic carboxylic acids is 1. The van der Waals surface area contributed by atoms with Crippen molar-refractivity contribution in [2.24, 2.45) is 11.8 Å². The molecular weight excluding hydrogens is 250 g/mol. The SMILES string of the molecule is CSCC[C@@H](NC(=O)C1CCC(C)CC1)C(=O)O. The molecule has 0 spiro atoms. The summed E-state index contributed by atoms with van der Waals surface area (Å²) >= 11 is 1.60. The fourth-order valence-electron chi connectivity index (χ4n) is 2.30. The fourth-order valence-corrected chi connectivity index (χ4v) is 2.78. The lowest BCUT2D eigenvalue weighted by Crippen LogP contribution is -2.44. The summed E-state index contributed by atoms with van der Waals surface area (Å²) in [7, 11) is 0. The van der Waals surface area contributed by atoms with Crippen molar-refractivity contribution in [3.8, 4) is 0 Å². The van der Waals surface area contributed by atoms with E-state index < -0.39 is 12.0 Å². The molecule has 5 heteroatoms. The van der Waals surface area contributed by atoms with Gasteiger partial charge < -0.3 is 10.4 Å². The number of carbonyl (C=O) groups is 2. The maximum absolute atomic E-state index is 12.0. The lowest BCUT2D eigenvalue weighted by atomic mass is 9.82. The van der Waals surface area contributed by atoms with Crippen LogP contribution < -0.4 is 5.32 Å². The molecule has 18 heavy (non-hydrogen) atoms. The number of carboxylic acid groups (broad SMARTS) is 1. The first-order chi connectivity index (χ1) is 8.54. The molecule has 1 fully saturated rings. The number of nitrogens with one attached hydrogen (secondary N) is 1. The van der Waals surface area contributed by atoms with Gasteiger partial charge in [-0.1, -0.05) is 6.92 Å². The van der Waals surface area contributed by atoms with Gasteiger partial charge in [-0.25, -0.2) is 4.79 Å². The predicted molar refractivity (Wildman–Crippen MR) is 73.7 cm³/mol. The van der Waals surface area contributed by atoms with Gasteiger partial charge in [0.15, 0.2) is 0 Å². The summed E-state index contributed by atoms with van der Waals surface area (Å²) in [5.41, 5.74) is 0. The molecule has 104 valence electrons. The Hall–Kier alpha value is -0.710. The third kappa shape index (κ3) is 4.88. The lowest BCUT2D eigenvalue weighted by molar-refractivity contribution is -0.142. The van der Waals surface area contributed by atoms with E-state index in [-0.39, 0.29) is 11.8 Å². The van der Waals surface area contributed by atoms with E-state index in [9.17, 15) is 9.59 Å². The van der Waals surface area contributed by atoms with Crippen LogP contribution in [-0.2, 0) is 9.59 Å². The number of carbonyl (C=O) groups excluding carboxylic acids is 1. The molecule has 1 aliphatic carbocycles. The maximum Gasteiger partial charge on any atom is 0.326 e. The second-order valence-corrected chi connectivity index (χ2v) is 6.12. The number of amides is 1. The Kier molecular flexibility index (Phi) is 6.54. The highest BCUT2D eigenvalue weighted by Crippen LogP contribution is 2.28. The zero-order valence-corrected chi connectivity index (χ0v) is 12.0. The Bertz CT molecular complexity index is 288. The van der Waals surface area contributed by atoms with Crippen molar-refractivity contribution >= 4 is 23.6 Å². The molecule has 0 saturated heterocycles. The molecule has 1 saturated carbocycles. The average Bonchev–Trinajstić information content (AvgIpc) is 2.34. The molecule has 0 aliphatic heterocycles. The number of rotatable bonds is 6. The predicted octanol–water partition coefficient (Wildman–Crippen LogP) is 2.14. The quantitative estimate of drug-likeness (QED) is 0.778. The number of thioether (sulfide) groups is 1. The Balaban J connectivity index is 2.42. The van der Waals surface area contributed by atoms with Gasteiger partial charge in [-0.3, -0.25) is 4.79 Å². The molecule has 0 aromatic rings. The molecule has 0 heterocycles. The van der Waals surface area contributed by atoms with Gasteiger partial charge in [0.05, 0.1) is 0 Å². The highest BCUT2D eigenvalue weighted by Gasteiger charge is 2.27. The van der Waals surface area contributed by atoms with Gasteiger partial charge in [0.1, 0.15) is 6.04 Å². The first-order valence-corrected chi connectivity index (χ1v) is 7.96. The second-order valence-electron chi connectivity index (χ2n) is 5.14. The molecule has 4 nitrogen and oxygen atoms in total. The van der Waals surface area contributed by atoms with Crippen LogP contribution in [0.3, 0.4) is 0 Å². The summed E-state index contributed by atoms with van der Waals surface area (Å²) in [6.07, 6.45) is 6.35. The van der Waals surface area contributed by atoms with Crippen LogP contribution in [0.4, 0.5) is 0 Å². The van der Waals surface area contributed by atoms with Gasteiger partial charge >= 0.3 is 5.97 Å². The van der Waals surface area contributed by atoms with Crippen LogP contribution in [0.5, 0.6) is 0 Å². The number of hydrogen-bond acceptors (Lipinski definition) is 3. The Labute approximate surface area is 113 Å². The van der Waals surface area contributed by atoms with E-state index in [2.05, 4.69) is 12.2 Å². The van der Waals surface area contributed by atoms with Gasteiger partial charge in [0, 0.05) is 5.92 Å². The summed E-state index contributed by atoms with van der Waals surface area (Å²) in [5.74, 6) is 0.453. The molecule has 0 radical (unpaired) electrons. The van der Waals surface area contributed by atoms with Crippen LogP contribution in [0.25, 0.3) is 0 Å². The van der Waals surface area contributed by atoms with Crippen molar-refractivity contribution < 1.29 is 14.7 Å². The molecule has 1 atom stereocenters. The van der Waals surface area contributed by atoms with Crippen LogP contribution >= 0.6 is 11.8 Å². The summed E-state index contributed by atoms with van der Waals surface area (Å²) in [4.78, 5) is 23.1. The first kappa shape index (κ1) is 15.3. The number of hydrogen-bond donors (Lipinski definition) is 2. The van der Waals surface area contributed by atoms with Gasteiger partial charge in [-0.05, 0) is 50.0 Å². The van der Waals surface area contributed by atoms with E-state index >= 15 is 0 Å². The monoisotopic (exact) mass is 273 g/mol. The van der Waals surface area contributed by atoms with Crippen LogP contribution in [0.1, 0.15) is 39.0 Å². The highest BCUT2D eigenvalue weighted by atomic mass is 32.2. The molecular formula is C13H23NO3S. The van der Waals surface area contributed by atoms with Crippen molar-refractivity contribution in [1.29, 1.82) is 0 Å². The van der Waals surface area contributed by atoms with E-state index in [4.69, 9.17) is 5.11 Å². The van der Waals surface area contributed by atoms with Crippen LogP contribution in [0, 0.1) is 11.8 Å². The molecule has 0 aromatic heterocycles. The third-order valence-electron chi connectivity index (χ3n) is 3.61. The fraction of sp³-hybridized carbons (Fsp3) is 0.846. The number of carboxylic acids is 1. The summed E-state index contributed by atoms with van der Waals surface area (Å²) in [6.45, 7) is 2.20. The molecule has 1 aliphatic rings. The minimum absolute atomic E-state index is 0.0114. The zero-order chi connectivity index (χ0) is 13.5. The molecule has 0 bridgehead atoms. The van der Waals surface area contributed by atoms with Crippen molar-refractivity contribution in [1.82, 2.24) is 5.32 Å². The minimum Gasteiger partial charge on any atom is -0.480 e. The van der Waals surface area contributed by atoms with E-state index in [0.29, 0.717) is 12.3 Å². The van der Waals surface area contributed by atoms with E-state index in [1.165, 1.54) is 0 Å². The molecule has 2 N–H and O–H groups in total. The first-order valence-electron chi connectivity index (χ1n) is 6.56. The van der Waals surface area contributed by atoms with Crippen LogP contribution in [0.15, 0.2) is 0 Å². The van der Waals surface area contributed by atoms with E-state index in [1.54, 1.807) is 11.8 Å². The molecule has 0 unspecified atom stereocenters. The smallest absolute Gasteiger partial charge is 0.326 e. The molecule has 1 rings (SSSR count). The van der Waals surface area contributed by atoms with Gasteiger partial charge in [-0.15, -0.1) is 0 Å².